The molecule has 2 aromatic heterocycles. The summed E-state index contributed by atoms with van der Waals surface area (Å²) in [5.74, 6) is -1.60. The average molecular weight is 448 g/mol. The highest BCUT2D eigenvalue weighted by molar-refractivity contribution is 6.06. The molecular weight excluding hydrogens is 426 g/mol. The van der Waals surface area contributed by atoms with Crippen LogP contribution in [0, 0.1) is 11.6 Å². The molecule has 5 rings (SSSR count). The van der Waals surface area contributed by atoms with Crippen molar-refractivity contribution in [1.82, 2.24) is 14.5 Å². The molecular formula is C24H22F2N6O. The highest BCUT2D eigenvalue weighted by Gasteiger charge is 2.18. The highest BCUT2D eigenvalue weighted by atomic mass is 19.1. The number of nitrogens with zero attached hydrogens (tertiary/aromatic N) is 4. The fourth-order valence-electron chi connectivity index (χ4n) is 4.24. The van der Waals surface area contributed by atoms with E-state index in [9.17, 15) is 13.6 Å². The second-order valence-corrected chi connectivity index (χ2v) is 8.00. The number of carbonyl (C=O) groups is 1. The number of nitrogens with two attached hydrogens (primary N) is 1. The number of halogens is 2. The smallest absolute Gasteiger partial charge is 0.250 e. The van der Waals surface area contributed by atoms with E-state index in [0.29, 0.717) is 22.3 Å². The number of rotatable bonds is 5. The van der Waals surface area contributed by atoms with Crippen LogP contribution in [0.25, 0.3) is 16.7 Å². The molecule has 4 aromatic rings. The topological polar surface area (TPSA) is 89.1 Å². The highest BCUT2D eigenvalue weighted by Crippen LogP contribution is 2.28. The Morgan fingerprint density at radius 2 is 1.82 bits per heavy atom. The molecule has 0 atom stereocenters. The summed E-state index contributed by atoms with van der Waals surface area (Å²) < 4.78 is 30.9. The summed E-state index contributed by atoms with van der Waals surface area (Å²) in [6.07, 6.45) is 5.76. The molecule has 0 radical (unpaired) electrons. The van der Waals surface area contributed by atoms with E-state index in [1.54, 1.807) is 36.4 Å². The van der Waals surface area contributed by atoms with Gasteiger partial charge in [0, 0.05) is 30.4 Å². The van der Waals surface area contributed by atoms with Crippen LogP contribution < -0.4 is 16.0 Å². The van der Waals surface area contributed by atoms with Gasteiger partial charge in [-0.05, 0) is 43.5 Å². The minimum absolute atomic E-state index is 0.0541. The molecule has 168 valence electrons. The zero-order valence-electron chi connectivity index (χ0n) is 17.8. The molecule has 1 saturated heterocycles. The van der Waals surface area contributed by atoms with Crippen molar-refractivity contribution in [1.29, 1.82) is 0 Å². The first-order valence-electron chi connectivity index (χ1n) is 10.8. The van der Waals surface area contributed by atoms with E-state index < -0.39 is 11.7 Å². The van der Waals surface area contributed by atoms with Gasteiger partial charge >= 0.3 is 0 Å². The van der Waals surface area contributed by atoms with Gasteiger partial charge in [-0.25, -0.2) is 13.8 Å². The van der Waals surface area contributed by atoms with Gasteiger partial charge in [-0.2, -0.15) is 4.98 Å². The van der Waals surface area contributed by atoms with Crippen LogP contribution in [0.15, 0.2) is 54.9 Å². The normalized spacial score (nSPS) is 13.9. The van der Waals surface area contributed by atoms with E-state index in [1.165, 1.54) is 23.3 Å². The Bertz CT molecular complexity index is 1350. The number of fused-ring (bicyclic) bond motifs is 1. The number of anilines is 3. The maximum absolute atomic E-state index is 14.8. The van der Waals surface area contributed by atoms with Gasteiger partial charge < -0.3 is 16.0 Å². The number of para-hydroxylation sites is 1. The van der Waals surface area contributed by atoms with Crippen LogP contribution in [0.1, 0.15) is 29.6 Å². The van der Waals surface area contributed by atoms with Crippen molar-refractivity contribution in [2.45, 2.75) is 19.3 Å². The van der Waals surface area contributed by atoms with Crippen LogP contribution in [0.4, 0.5) is 26.1 Å². The van der Waals surface area contributed by atoms with E-state index in [2.05, 4.69) is 15.3 Å². The third-order valence-electron chi connectivity index (χ3n) is 5.83. The number of aromatic nitrogens is 3. The molecule has 3 heterocycles. The standard InChI is InChI=1S/C24H22F2N6O/c25-18-12-15(8-9-21(18)31-10-4-1-5-11-31)29-24-28-13-19(26)23(30-24)32-14-17(22(27)33)16-6-2-3-7-20(16)32/h2-3,6-9,12-14H,1,4-5,10-11H2,(H2,27,33)(H,28,29,30). The molecule has 0 saturated carbocycles. The Hall–Kier alpha value is -4.01. The van der Waals surface area contributed by atoms with Crippen molar-refractivity contribution in [3.8, 4) is 5.82 Å². The minimum atomic E-state index is -0.677. The molecule has 0 bridgehead atoms. The summed E-state index contributed by atoms with van der Waals surface area (Å²) in [5, 5.41) is 3.53. The second-order valence-electron chi connectivity index (χ2n) is 8.00. The van der Waals surface area contributed by atoms with Crippen molar-refractivity contribution in [3.05, 3.63) is 72.1 Å². The molecule has 0 unspecified atom stereocenters. The van der Waals surface area contributed by atoms with E-state index in [1.807, 2.05) is 4.90 Å². The lowest BCUT2D eigenvalue weighted by atomic mass is 10.1. The zero-order valence-corrected chi connectivity index (χ0v) is 17.8. The predicted octanol–water partition coefficient (Wildman–Crippen LogP) is 4.53. The lowest BCUT2D eigenvalue weighted by Crippen LogP contribution is -2.30. The molecule has 9 heteroatoms. The molecule has 1 fully saturated rings. The van der Waals surface area contributed by atoms with Gasteiger partial charge in [0.15, 0.2) is 11.6 Å². The quantitative estimate of drug-likeness (QED) is 0.468. The van der Waals surface area contributed by atoms with Gasteiger partial charge in [0.25, 0.3) is 5.91 Å². The van der Waals surface area contributed by atoms with Crippen molar-refractivity contribution in [2.24, 2.45) is 5.73 Å². The van der Waals surface area contributed by atoms with Gasteiger partial charge in [-0.15, -0.1) is 0 Å². The molecule has 1 aliphatic rings. The molecule has 7 nitrogen and oxygen atoms in total. The fourth-order valence-corrected chi connectivity index (χ4v) is 4.24. The molecule has 0 spiro atoms. The lowest BCUT2D eigenvalue weighted by Gasteiger charge is -2.29. The predicted molar refractivity (Wildman–Crippen MR) is 123 cm³/mol. The van der Waals surface area contributed by atoms with Gasteiger partial charge in [0.05, 0.1) is 23.0 Å². The van der Waals surface area contributed by atoms with Crippen LogP contribution in [0.2, 0.25) is 0 Å². The van der Waals surface area contributed by atoms with Crippen LogP contribution >= 0.6 is 0 Å². The van der Waals surface area contributed by atoms with E-state index in [0.717, 1.165) is 32.1 Å². The summed E-state index contributed by atoms with van der Waals surface area (Å²) in [4.78, 5) is 22.2. The van der Waals surface area contributed by atoms with E-state index >= 15 is 0 Å². The maximum atomic E-state index is 14.8. The summed E-state index contributed by atoms with van der Waals surface area (Å²) in [6.45, 7) is 1.68. The van der Waals surface area contributed by atoms with Crippen LogP contribution in [-0.2, 0) is 0 Å². The number of hydrogen-bond donors (Lipinski definition) is 2. The fraction of sp³-hybridized carbons (Fsp3) is 0.208. The number of hydrogen-bond acceptors (Lipinski definition) is 5. The Morgan fingerprint density at radius 1 is 1.03 bits per heavy atom. The molecule has 33 heavy (non-hydrogen) atoms. The SMILES string of the molecule is NC(=O)c1cn(-c2nc(Nc3ccc(N4CCCCC4)c(F)c3)ncc2F)c2ccccc12. The van der Waals surface area contributed by atoms with Crippen molar-refractivity contribution >= 4 is 34.1 Å². The van der Waals surface area contributed by atoms with Gasteiger partial charge in [-0.1, -0.05) is 18.2 Å². The first-order chi connectivity index (χ1) is 16.0. The van der Waals surface area contributed by atoms with E-state index in [-0.39, 0.29) is 23.1 Å². The number of amides is 1. The van der Waals surface area contributed by atoms with E-state index in [4.69, 9.17) is 5.73 Å². The summed E-state index contributed by atoms with van der Waals surface area (Å²) in [7, 11) is 0. The maximum Gasteiger partial charge on any atom is 0.250 e. The van der Waals surface area contributed by atoms with Crippen LogP contribution in [0.5, 0.6) is 0 Å². The number of primary amides is 1. The summed E-state index contributed by atoms with van der Waals surface area (Å²) in [6, 6.07) is 11.9. The zero-order chi connectivity index (χ0) is 22.9. The molecule has 2 aromatic carbocycles. The summed E-state index contributed by atoms with van der Waals surface area (Å²) >= 11 is 0. The minimum Gasteiger partial charge on any atom is -0.369 e. The monoisotopic (exact) mass is 448 g/mol. The third-order valence-corrected chi connectivity index (χ3v) is 5.83. The lowest BCUT2D eigenvalue weighted by molar-refractivity contribution is 0.100. The first-order valence-corrected chi connectivity index (χ1v) is 10.8. The van der Waals surface area contributed by atoms with Crippen molar-refractivity contribution in [2.75, 3.05) is 23.3 Å². The van der Waals surface area contributed by atoms with Crippen LogP contribution in [0.3, 0.4) is 0 Å². The molecule has 3 N–H and O–H groups in total. The number of nitrogens with one attached hydrogen (secondary N) is 1. The van der Waals surface area contributed by atoms with Crippen molar-refractivity contribution in [3.63, 3.8) is 0 Å². The van der Waals surface area contributed by atoms with Gasteiger partial charge in [0.2, 0.25) is 5.95 Å². The largest absolute Gasteiger partial charge is 0.369 e. The molecule has 1 aliphatic heterocycles. The number of piperidine rings is 1. The van der Waals surface area contributed by atoms with Gasteiger partial charge in [-0.3, -0.25) is 9.36 Å². The second kappa shape index (κ2) is 8.50. The van der Waals surface area contributed by atoms with Crippen molar-refractivity contribution < 1.29 is 13.6 Å². The molecule has 0 aliphatic carbocycles. The first kappa shape index (κ1) is 20.9. The molecule has 1 amide bonds. The number of carbonyl (C=O) groups excluding carboxylic acids is 1. The number of benzene rings is 2. The Balaban J connectivity index is 1.47. The average Bonchev–Trinajstić information content (AvgIpc) is 3.21. The Kier molecular flexibility index (Phi) is 5.37. The van der Waals surface area contributed by atoms with Crippen LogP contribution in [-0.4, -0.2) is 33.5 Å². The Labute approximate surface area is 188 Å². The Morgan fingerprint density at radius 3 is 2.58 bits per heavy atom. The summed E-state index contributed by atoms with van der Waals surface area (Å²) in [5.41, 5.74) is 7.34. The van der Waals surface area contributed by atoms with Gasteiger partial charge in [0.1, 0.15) is 5.82 Å². The third kappa shape index (κ3) is 3.97.